The molecule has 1 aromatic rings. The molecule has 168 valence electrons. The molecule has 0 spiro atoms. The number of halogens is 1. The Hall–Kier alpha value is -1.75. The van der Waals surface area contributed by atoms with Gasteiger partial charge in [0.05, 0.1) is 20.2 Å². The molecule has 0 radical (unpaired) electrons. The van der Waals surface area contributed by atoms with Crippen molar-refractivity contribution in [3.8, 4) is 11.5 Å². The molecule has 2 aliphatic rings. The molecule has 0 bridgehead atoms. The minimum atomic E-state index is -0.0220. The first-order valence-electron chi connectivity index (χ1n) is 10.4. The number of nitrogens with one attached hydrogen (secondary N) is 2. The Labute approximate surface area is 196 Å². The predicted octanol–water partition coefficient (Wildman–Crippen LogP) is 1.55. The highest BCUT2D eigenvalue weighted by molar-refractivity contribution is 14.0. The van der Waals surface area contributed by atoms with E-state index in [1.807, 2.05) is 31.2 Å². The first-order valence-corrected chi connectivity index (χ1v) is 10.4. The minimum absolute atomic E-state index is 0. The van der Waals surface area contributed by atoms with Crippen LogP contribution in [0.4, 0.5) is 0 Å². The molecule has 1 heterocycles. The second kappa shape index (κ2) is 12.2. The molecular weight excluding hydrogens is 497 g/mol. The van der Waals surface area contributed by atoms with E-state index in [1.54, 1.807) is 14.2 Å². The van der Waals surface area contributed by atoms with Crippen LogP contribution in [-0.4, -0.2) is 87.2 Å². The van der Waals surface area contributed by atoms with Crippen LogP contribution >= 0.6 is 24.0 Å². The standard InChI is InChI=1S/C21H33N5O3.HI/c1-16(29-19-6-4-5-18(13-19)28-3)14-23-21(22-2)26-11-9-25(10-12-26)15-20(27)24-17-7-8-17;/h4-6,13,16-17H,7-12,14-15H2,1-3H3,(H,22,23)(H,24,27);1H. The van der Waals surface area contributed by atoms with E-state index in [0.29, 0.717) is 19.1 Å². The topological polar surface area (TPSA) is 78.4 Å². The van der Waals surface area contributed by atoms with Crippen LogP contribution in [0.3, 0.4) is 0 Å². The molecule has 2 N–H and O–H groups in total. The van der Waals surface area contributed by atoms with Crippen molar-refractivity contribution in [1.82, 2.24) is 20.4 Å². The highest BCUT2D eigenvalue weighted by Crippen LogP contribution is 2.20. The molecule has 1 unspecified atom stereocenters. The second-order valence-electron chi connectivity index (χ2n) is 7.64. The SMILES string of the molecule is CN=C(NCC(C)Oc1cccc(OC)c1)N1CCN(CC(=O)NC2CC2)CC1.I. The number of carbonyl (C=O) groups excluding carboxylic acids is 1. The maximum absolute atomic E-state index is 12.0. The second-order valence-corrected chi connectivity index (χ2v) is 7.64. The number of aliphatic imine (C=N–C) groups is 1. The highest BCUT2D eigenvalue weighted by atomic mass is 127. The van der Waals surface area contributed by atoms with E-state index in [1.165, 1.54) is 0 Å². The summed E-state index contributed by atoms with van der Waals surface area (Å²) in [4.78, 5) is 20.8. The number of rotatable bonds is 8. The largest absolute Gasteiger partial charge is 0.497 e. The Morgan fingerprint density at radius 1 is 1.23 bits per heavy atom. The van der Waals surface area contributed by atoms with Crippen LogP contribution in [0.5, 0.6) is 11.5 Å². The molecule has 1 aromatic carbocycles. The van der Waals surface area contributed by atoms with Crippen molar-refractivity contribution in [2.45, 2.75) is 31.9 Å². The summed E-state index contributed by atoms with van der Waals surface area (Å²) < 4.78 is 11.2. The van der Waals surface area contributed by atoms with E-state index in [2.05, 4.69) is 25.4 Å². The molecule has 1 aliphatic heterocycles. The van der Waals surface area contributed by atoms with E-state index >= 15 is 0 Å². The van der Waals surface area contributed by atoms with Crippen LogP contribution in [0.1, 0.15) is 19.8 Å². The average molecular weight is 531 g/mol. The van der Waals surface area contributed by atoms with Gasteiger partial charge in [-0.05, 0) is 31.9 Å². The summed E-state index contributed by atoms with van der Waals surface area (Å²) in [6.45, 7) is 6.57. The van der Waals surface area contributed by atoms with E-state index in [-0.39, 0.29) is 36.0 Å². The maximum atomic E-state index is 12.0. The smallest absolute Gasteiger partial charge is 0.234 e. The van der Waals surface area contributed by atoms with Crippen molar-refractivity contribution in [2.75, 3.05) is 53.4 Å². The van der Waals surface area contributed by atoms with Gasteiger partial charge in [-0.15, -0.1) is 24.0 Å². The van der Waals surface area contributed by atoms with Crippen LogP contribution in [0.15, 0.2) is 29.3 Å². The van der Waals surface area contributed by atoms with E-state index in [0.717, 1.165) is 56.5 Å². The lowest BCUT2D eigenvalue weighted by atomic mass is 10.3. The first kappa shape index (κ1) is 24.5. The molecule has 1 amide bonds. The Morgan fingerprint density at radius 3 is 2.57 bits per heavy atom. The van der Waals surface area contributed by atoms with Crippen LogP contribution in [0.25, 0.3) is 0 Å². The van der Waals surface area contributed by atoms with E-state index in [4.69, 9.17) is 9.47 Å². The zero-order chi connectivity index (χ0) is 20.6. The van der Waals surface area contributed by atoms with Gasteiger partial charge < -0.3 is 25.0 Å². The molecule has 0 aromatic heterocycles. The quantitative estimate of drug-likeness (QED) is 0.301. The summed E-state index contributed by atoms with van der Waals surface area (Å²) >= 11 is 0. The van der Waals surface area contributed by atoms with Gasteiger partial charge in [-0.3, -0.25) is 14.7 Å². The molecule has 1 saturated heterocycles. The fourth-order valence-corrected chi connectivity index (χ4v) is 3.34. The molecule has 3 rings (SSSR count). The summed E-state index contributed by atoms with van der Waals surface area (Å²) in [5, 5.41) is 6.45. The molecular formula is C21H34IN5O3. The Kier molecular flexibility index (Phi) is 9.96. The zero-order valence-electron chi connectivity index (χ0n) is 18.1. The Morgan fingerprint density at radius 2 is 1.93 bits per heavy atom. The number of ether oxygens (including phenoxy) is 2. The average Bonchev–Trinajstić information content (AvgIpc) is 3.53. The van der Waals surface area contributed by atoms with E-state index < -0.39 is 0 Å². The van der Waals surface area contributed by atoms with Gasteiger partial charge in [0.1, 0.15) is 17.6 Å². The van der Waals surface area contributed by atoms with Gasteiger partial charge in [0.15, 0.2) is 5.96 Å². The lowest BCUT2D eigenvalue weighted by molar-refractivity contribution is -0.122. The van der Waals surface area contributed by atoms with Gasteiger partial charge in [0.2, 0.25) is 5.91 Å². The number of hydrogen-bond acceptors (Lipinski definition) is 5. The summed E-state index contributed by atoms with van der Waals surface area (Å²) in [5.41, 5.74) is 0. The van der Waals surface area contributed by atoms with E-state index in [9.17, 15) is 4.79 Å². The molecule has 9 heteroatoms. The van der Waals surface area contributed by atoms with Crippen LogP contribution in [-0.2, 0) is 4.79 Å². The molecule has 30 heavy (non-hydrogen) atoms. The Bertz CT molecular complexity index is 706. The first-order chi connectivity index (χ1) is 14.1. The summed E-state index contributed by atoms with van der Waals surface area (Å²) in [6, 6.07) is 8.04. The molecule has 1 saturated carbocycles. The van der Waals surface area contributed by atoms with Gasteiger partial charge in [-0.1, -0.05) is 6.07 Å². The van der Waals surface area contributed by atoms with Crippen molar-refractivity contribution in [3.05, 3.63) is 24.3 Å². The van der Waals surface area contributed by atoms with Crippen LogP contribution in [0.2, 0.25) is 0 Å². The molecule has 1 aliphatic carbocycles. The number of guanidine groups is 1. The third-order valence-electron chi connectivity index (χ3n) is 5.12. The number of benzene rings is 1. The highest BCUT2D eigenvalue weighted by Gasteiger charge is 2.26. The third-order valence-corrected chi connectivity index (χ3v) is 5.12. The van der Waals surface area contributed by atoms with Crippen LogP contribution in [0, 0.1) is 0 Å². The van der Waals surface area contributed by atoms with Crippen LogP contribution < -0.4 is 20.1 Å². The fraction of sp³-hybridized carbons (Fsp3) is 0.619. The third kappa shape index (κ3) is 7.82. The molecule has 8 nitrogen and oxygen atoms in total. The lowest BCUT2D eigenvalue weighted by Gasteiger charge is -2.36. The van der Waals surface area contributed by atoms with Gasteiger partial charge in [0.25, 0.3) is 0 Å². The summed E-state index contributed by atoms with van der Waals surface area (Å²) in [7, 11) is 3.44. The maximum Gasteiger partial charge on any atom is 0.234 e. The number of nitrogens with zero attached hydrogens (tertiary/aromatic N) is 3. The number of carbonyl (C=O) groups is 1. The zero-order valence-corrected chi connectivity index (χ0v) is 20.4. The summed E-state index contributed by atoms with van der Waals surface area (Å²) in [6.07, 6.45) is 2.23. The van der Waals surface area contributed by atoms with Gasteiger partial charge in [-0.2, -0.15) is 0 Å². The normalized spacial score (nSPS) is 18.2. The lowest BCUT2D eigenvalue weighted by Crippen LogP contribution is -2.54. The fourth-order valence-electron chi connectivity index (χ4n) is 3.34. The van der Waals surface area contributed by atoms with Crippen molar-refractivity contribution < 1.29 is 14.3 Å². The predicted molar refractivity (Wildman–Crippen MR) is 129 cm³/mol. The number of piperazine rings is 1. The van der Waals surface area contributed by atoms with Gasteiger partial charge in [-0.25, -0.2) is 0 Å². The van der Waals surface area contributed by atoms with Crippen molar-refractivity contribution in [2.24, 2.45) is 4.99 Å². The number of amides is 1. The van der Waals surface area contributed by atoms with Crippen molar-refractivity contribution in [3.63, 3.8) is 0 Å². The molecule has 2 fully saturated rings. The Balaban J connectivity index is 0.00000320. The van der Waals surface area contributed by atoms with Gasteiger partial charge >= 0.3 is 0 Å². The van der Waals surface area contributed by atoms with Gasteiger partial charge in [0, 0.05) is 45.3 Å². The number of hydrogen-bond donors (Lipinski definition) is 2. The summed E-state index contributed by atoms with van der Waals surface area (Å²) in [5.74, 6) is 2.58. The van der Waals surface area contributed by atoms with Crippen molar-refractivity contribution in [1.29, 1.82) is 0 Å². The minimum Gasteiger partial charge on any atom is -0.497 e. The van der Waals surface area contributed by atoms with Crippen molar-refractivity contribution >= 4 is 35.8 Å². The molecule has 1 atom stereocenters. The number of methoxy groups -OCH3 is 1. The monoisotopic (exact) mass is 531 g/mol.